The van der Waals surface area contributed by atoms with Gasteiger partial charge in [0.25, 0.3) is 0 Å². The zero-order chi connectivity index (χ0) is 16.2. The summed E-state index contributed by atoms with van der Waals surface area (Å²) in [4.78, 5) is 10.8. The topological polar surface area (TPSA) is 55.1 Å². The lowest BCUT2D eigenvalue weighted by molar-refractivity contribution is -0.131. The minimum Gasteiger partial charge on any atom is -0.478 e. The molecular formula is C18H13BrN2O2. The molecule has 2 aromatic carbocycles. The number of carboxylic acid groups (broad SMARTS) is 1. The van der Waals surface area contributed by atoms with Gasteiger partial charge in [-0.25, -0.2) is 9.48 Å². The third kappa shape index (κ3) is 3.57. The van der Waals surface area contributed by atoms with Crippen LogP contribution >= 0.6 is 15.9 Å². The smallest absolute Gasteiger partial charge is 0.328 e. The van der Waals surface area contributed by atoms with Crippen molar-refractivity contribution >= 4 is 28.0 Å². The van der Waals surface area contributed by atoms with Gasteiger partial charge in [0.1, 0.15) is 0 Å². The summed E-state index contributed by atoms with van der Waals surface area (Å²) < 4.78 is 2.69. The summed E-state index contributed by atoms with van der Waals surface area (Å²) in [5.41, 5.74) is 3.31. The van der Waals surface area contributed by atoms with E-state index in [2.05, 4.69) is 21.0 Å². The van der Waals surface area contributed by atoms with E-state index in [0.717, 1.165) is 33.1 Å². The Morgan fingerprint density at radius 3 is 2.61 bits per heavy atom. The Kier molecular flexibility index (Phi) is 4.39. The van der Waals surface area contributed by atoms with E-state index >= 15 is 0 Å². The Morgan fingerprint density at radius 2 is 1.91 bits per heavy atom. The number of benzene rings is 2. The van der Waals surface area contributed by atoms with Crippen molar-refractivity contribution < 1.29 is 9.90 Å². The third-order valence-corrected chi connectivity index (χ3v) is 3.76. The maximum absolute atomic E-state index is 10.8. The zero-order valence-corrected chi connectivity index (χ0v) is 13.6. The predicted molar refractivity (Wildman–Crippen MR) is 93.4 cm³/mol. The maximum atomic E-state index is 10.8. The number of carbonyl (C=O) groups is 1. The molecule has 0 fully saturated rings. The summed E-state index contributed by atoms with van der Waals surface area (Å²) in [6.45, 7) is 0. The molecule has 0 saturated heterocycles. The summed E-state index contributed by atoms with van der Waals surface area (Å²) in [7, 11) is 0. The van der Waals surface area contributed by atoms with E-state index in [1.54, 1.807) is 10.8 Å². The van der Waals surface area contributed by atoms with Crippen LogP contribution in [0.2, 0.25) is 0 Å². The highest BCUT2D eigenvalue weighted by Gasteiger charge is 2.11. The second kappa shape index (κ2) is 6.62. The number of aliphatic carboxylic acids is 1. The minimum absolute atomic E-state index is 0.729. The number of carboxylic acids is 1. The van der Waals surface area contributed by atoms with E-state index in [1.165, 1.54) is 0 Å². The molecule has 0 aliphatic heterocycles. The maximum Gasteiger partial charge on any atom is 0.328 e. The van der Waals surface area contributed by atoms with Gasteiger partial charge < -0.3 is 5.11 Å². The molecule has 0 atom stereocenters. The van der Waals surface area contributed by atoms with Crippen LogP contribution in [0.3, 0.4) is 0 Å². The number of hydrogen-bond donors (Lipinski definition) is 1. The fraction of sp³-hybridized carbons (Fsp3) is 0. The van der Waals surface area contributed by atoms with Gasteiger partial charge in [0.05, 0.1) is 11.4 Å². The molecule has 3 rings (SSSR count). The van der Waals surface area contributed by atoms with Crippen LogP contribution in [0, 0.1) is 0 Å². The Bertz CT molecular complexity index is 870. The van der Waals surface area contributed by atoms with E-state index in [4.69, 9.17) is 5.11 Å². The molecule has 0 unspecified atom stereocenters. The van der Waals surface area contributed by atoms with E-state index in [0.29, 0.717) is 0 Å². The lowest BCUT2D eigenvalue weighted by Gasteiger charge is -2.01. The minimum atomic E-state index is -0.988. The standard InChI is InChI=1S/C18H13BrN2O2/c19-15-6-4-5-13(11-15)18-14(9-10-17(22)23)12-21(20-18)16-7-2-1-3-8-16/h1-12H,(H,22,23)/b10-9+. The molecule has 0 radical (unpaired) electrons. The summed E-state index contributed by atoms with van der Waals surface area (Å²) >= 11 is 3.45. The first-order valence-electron chi connectivity index (χ1n) is 6.95. The highest BCUT2D eigenvalue weighted by molar-refractivity contribution is 9.10. The van der Waals surface area contributed by atoms with Gasteiger partial charge in [-0.2, -0.15) is 5.10 Å². The molecule has 4 nitrogen and oxygen atoms in total. The number of aromatic nitrogens is 2. The number of hydrogen-bond acceptors (Lipinski definition) is 2. The van der Waals surface area contributed by atoms with Crippen molar-refractivity contribution in [3.63, 3.8) is 0 Å². The van der Waals surface area contributed by atoms with Crippen molar-refractivity contribution in [2.45, 2.75) is 0 Å². The Labute approximate surface area is 141 Å². The molecule has 3 aromatic rings. The largest absolute Gasteiger partial charge is 0.478 e. The van der Waals surface area contributed by atoms with E-state index in [9.17, 15) is 4.79 Å². The molecule has 1 N–H and O–H groups in total. The Hall–Kier alpha value is -2.66. The van der Waals surface area contributed by atoms with Gasteiger partial charge in [-0.1, -0.05) is 46.3 Å². The average molecular weight is 369 g/mol. The van der Waals surface area contributed by atoms with E-state index in [-0.39, 0.29) is 0 Å². The molecule has 114 valence electrons. The van der Waals surface area contributed by atoms with Gasteiger partial charge in [-0.05, 0) is 30.3 Å². The van der Waals surface area contributed by atoms with Crippen LogP contribution in [0.25, 0.3) is 23.0 Å². The van der Waals surface area contributed by atoms with Crippen LogP contribution in [0.1, 0.15) is 5.56 Å². The quantitative estimate of drug-likeness (QED) is 0.694. The molecule has 0 saturated carbocycles. The first kappa shape index (κ1) is 15.2. The van der Waals surface area contributed by atoms with Gasteiger partial charge in [-0.15, -0.1) is 0 Å². The van der Waals surface area contributed by atoms with Crippen LogP contribution in [0.4, 0.5) is 0 Å². The molecule has 5 heteroatoms. The molecule has 1 heterocycles. The Morgan fingerprint density at radius 1 is 1.13 bits per heavy atom. The van der Waals surface area contributed by atoms with Gasteiger partial charge in [0.15, 0.2) is 0 Å². The van der Waals surface area contributed by atoms with Crippen LogP contribution in [0.5, 0.6) is 0 Å². The van der Waals surface area contributed by atoms with Crippen molar-refractivity contribution in [2.75, 3.05) is 0 Å². The lowest BCUT2D eigenvalue weighted by atomic mass is 10.1. The van der Waals surface area contributed by atoms with Crippen LogP contribution in [-0.2, 0) is 4.79 Å². The van der Waals surface area contributed by atoms with Crippen molar-refractivity contribution in [3.05, 3.63) is 76.9 Å². The molecule has 0 spiro atoms. The lowest BCUT2D eigenvalue weighted by Crippen LogP contribution is -1.93. The van der Waals surface area contributed by atoms with Crippen molar-refractivity contribution in [3.8, 4) is 16.9 Å². The fourth-order valence-electron chi connectivity index (χ4n) is 2.24. The average Bonchev–Trinajstić information content (AvgIpc) is 2.98. The van der Waals surface area contributed by atoms with E-state index < -0.39 is 5.97 Å². The molecule has 0 aliphatic rings. The highest BCUT2D eigenvalue weighted by Crippen LogP contribution is 2.27. The van der Waals surface area contributed by atoms with Gasteiger partial charge in [0, 0.05) is 27.9 Å². The fourth-order valence-corrected chi connectivity index (χ4v) is 2.64. The first-order valence-corrected chi connectivity index (χ1v) is 7.75. The van der Waals surface area contributed by atoms with Crippen LogP contribution in [0.15, 0.2) is 71.3 Å². The molecular weight excluding hydrogens is 356 g/mol. The summed E-state index contributed by atoms with van der Waals surface area (Å²) in [6, 6.07) is 17.5. The summed E-state index contributed by atoms with van der Waals surface area (Å²) in [5.74, 6) is -0.988. The summed E-state index contributed by atoms with van der Waals surface area (Å²) in [5, 5.41) is 13.5. The molecule has 0 aliphatic carbocycles. The normalized spacial score (nSPS) is 11.0. The van der Waals surface area contributed by atoms with Gasteiger partial charge in [0.2, 0.25) is 0 Å². The molecule has 1 aromatic heterocycles. The van der Waals surface area contributed by atoms with Crippen LogP contribution < -0.4 is 0 Å². The number of halogens is 1. The second-order valence-corrected chi connectivity index (χ2v) is 5.81. The monoisotopic (exact) mass is 368 g/mol. The molecule has 23 heavy (non-hydrogen) atoms. The number of nitrogens with zero attached hydrogens (tertiary/aromatic N) is 2. The van der Waals surface area contributed by atoms with Gasteiger partial charge in [-0.3, -0.25) is 0 Å². The third-order valence-electron chi connectivity index (χ3n) is 3.27. The van der Waals surface area contributed by atoms with Gasteiger partial charge >= 0.3 is 5.97 Å². The number of para-hydroxylation sites is 1. The first-order chi connectivity index (χ1) is 11.1. The zero-order valence-electron chi connectivity index (χ0n) is 12.1. The van der Waals surface area contributed by atoms with Crippen molar-refractivity contribution in [1.82, 2.24) is 9.78 Å². The molecule has 0 amide bonds. The number of rotatable bonds is 4. The van der Waals surface area contributed by atoms with Crippen LogP contribution in [-0.4, -0.2) is 20.9 Å². The predicted octanol–water partition coefficient (Wildman–Crippen LogP) is 4.40. The van der Waals surface area contributed by atoms with E-state index in [1.807, 2.05) is 60.8 Å². The highest BCUT2D eigenvalue weighted by atomic mass is 79.9. The summed E-state index contributed by atoms with van der Waals surface area (Å²) in [6.07, 6.45) is 4.50. The van der Waals surface area contributed by atoms with Crippen molar-refractivity contribution in [2.24, 2.45) is 0 Å². The SMILES string of the molecule is O=C(O)/C=C/c1cn(-c2ccccc2)nc1-c1cccc(Br)c1. The second-order valence-electron chi connectivity index (χ2n) is 4.90. The Balaban J connectivity index is 2.13. The molecule has 0 bridgehead atoms. The van der Waals surface area contributed by atoms with Crippen molar-refractivity contribution in [1.29, 1.82) is 0 Å².